The third kappa shape index (κ3) is 5.46. The second-order valence-corrected chi connectivity index (χ2v) is 7.88. The number of ether oxygens (including phenoxy) is 2. The van der Waals surface area contributed by atoms with E-state index >= 15 is 0 Å². The number of likely N-dealkylation sites (N-methyl/N-ethyl adjacent to an activating group) is 1. The van der Waals surface area contributed by atoms with Crippen LogP contribution in [-0.4, -0.2) is 73.6 Å². The molecule has 0 radical (unpaired) electrons. The molecule has 3 rings (SSSR count). The molecule has 1 aromatic rings. The second-order valence-electron chi connectivity index (χ2n) is 7.88. The van der Waals surface area contributed by atoms with Gasteiger partial charge >= 0.3 is 6.03 Å². The van der Waals surface area contributed by atoms with E-state index in [0.717, 1.165) is 31.5 Å². The van der Waals surface area contributed by atoms with E-state index in [-0.39, 0.29) is 31.2 Å². The maximum atomic E-state index is 12.7. The van der Waals surface area contributed by atoms with E-state index in [0.29, 0.717) is 24.1 Å². The fraction of sp³-hybridized carbons (Fsp3) is 0.591. The zero-order valence-electron chi connectivity index (χ0n) is 18.5. The minimum absolute atomic E-state index is 0.0941. The first kappa shape index (κ1) is 22.9. The summed E-state index contributed by atoms with van der Waals surface area (Å²) in [5.74, 6) is 0.694. The molecule has 0 aliphatic carbocycles. The van der Waals surface area contributed by atoms with E-state index in [4.69, 9.17) is 9.47 Å². The summed E-state index contributed by atoms with van der Waals surface area (Å²) in [4.78, 5) is 40.8. The van der Waals surface area contributed by atoms with Crippen molar-refractivity contribution >= 4 is 17.8 Å². The molecule has 31 heavy (non-hydrogen) atoms. The number of hydrogen-bond acceptors (Lipinski definition) is 6. The summed E-state index contributed by atoms with van der Waals surface area (Å²) < 4.78 is 10.5. The second kappa shape index (κ2) is 10.5. The van der Waals surface area contributed by atoms with Crippen LogP contribution in [0.15, 0.2) is 18.2 Å². The Kier molecular flexibility index (Phi) is 7.73. The van der Waals surface area contributed by atoms with Gasteiger partial charge in [0.05, 0.1) is 20.8 Å². The Hall–Kier alpha value is -2.81. The van der Waals surface area contributed by atoms with Gasteiger partial charge in [-0.3, -0.25) is 19.4 Å². The van der Waals surface area contributed by atoms with Gasteiger partial charge in [0.1, 0.15) is 6.04 Å². The van der Waals surface area contributed by atoms with Gasteiger partial charge in [-0.25, -0.2) is 4.79 Å². The zero-order valence-corrected chi connectivity index (χ0v) is 18.5. The smallest absolute Gasteiger partial charge is 0.325 e. The van der Waals surface area contributed by atoms with Crippen molar-refractivity contribution in [1.29, 1.82) is 0 Å². The molecule has 9 heteroatoms. The largest absolute Gasteiger partial charge is 0.493 e. The number of benzene rings is 1. The average molecular weight is 433 g/mol. The van der Waals surface area contributed by atoms with Crippen molar-refractivity contribution in [1.82, 2.24) is 20.4 Å². The molecule has 2 N–H and O–H groups in total. The summed E-state index contributed by atoms with van der Waals surface area (Å²) in [7, 11) is 3.08. The molecule has 1 aromatic carbocycles. The van der Waals surface area contributed by atoms with Gasteiger partial charge < -0.3 is 20.1 Å². The Morgan fingerprint density at radius 1 is 1.23 bits per heavy atom. The maximum absolute atomic E-state index is 12.7. The number of methoxy groups -OCH3 is 2. The Morgan fingerprint density at radius 2 is 2.00 bits per heavy atom. The highest BCUT2D eigenvalue weighted by molar-refractivity contribution is 6.04. The van der Waals surface area contributed by atoms with Crippen molar-refractivity contribution in [2.75, 3.05) is 33.9 Å². The molecule has 2 atom stereocenters. The van der Waals surface area contributed by atoms with Crippen LogP contribution in [0.2, 0.25) is 0 Å². The number of likely N-dealkylation sites (tertiary alicyclic amines) is 1. The van der Waals surface area contributed by atoms with Crippen molar-refractivity contribution in [2.45, 2.75) is 51.2 Å². The first-order valence-corrected chi connectivity index (χ1v) is 10.8. The molecule has 2 aliphatic rings. The molecule has 0 unspecified atom stereocenters. The first-order valence-electron chi connectivity index (χ1n) is 10.8. The monoisotopic (exact) mass is 432 g/mol. The molecule has 9 nitrogen and oxygen atoms in total. The van der Waals surface area contributed by atoms with Crippen LogP contribution in [0.5, 0.6) is 11.5 Å². The van der Waals surface area contributed by atoms with Gasteiger partial charge in [-0.05, 0) is 50.0 Å². The minimum Gasteiger partial charge on any atom is -0.493 e. The molecule has 2 saturated heterocycles. The van der Waals surface area contributed by atoms with E-state index in [1.165, 1.54) is 12.0 Å². The van der Waals surface area contributed by atoms with Crippen LogP contribution in [0, 0.1) is 0 Å². The summed E-state index contributed by atoms with van der Waals surface area (Å²) in [5.41, 5.74) is 0.747. The fourth-order valence-corrected chi connectivity index (χ4v) is 4.22. The molecular weight excluding hydrogens is 400 g/mol. The number of imide groups is 1. The van der Waals surface area contributed by atoms with Crippen molar-refractivity contribution in [2.24, 2.45) is 0 Å². The fourth-order valence-electron chi connectivity index (χ4n) is 4.22. The van der Waals surface area contributed by atoms with Gasteiger partial charge in [0.25, 0.3) is 5.91 Å². The number of rotatable bonds is 10. The Bertz CT molecular complexity index is 815. The lowest BCUT2D eigenvalue weighted by Crippen LogP contribution is -2.40. The summed E-state index contributed by atoms with van der Waals surface area (Å²) in [6.07, 6.45) is 2.73. The SMILES string of the molecule is CCN1CCC[C@@H]1CNC(=O)CC[C@H]1NC(=O)N(Cc2ccc(OC)c(OC)c2)C1=O. The quantitative estimate of drug-likeness (QED) is 0.544. The number of urea groups is 1. The molecule has 0 aromatic heterocycles. The molecule has 0 saturated carbocycles. The number of hydrogen-bond donors (Lipinski definition) is 2. The van der Waals surface area contributed by atoms with E-state index in [1.54, 1.807) is 25.3 Å². The standard InChI is InChI=1S/C22H32N4O5/c1-4-25-11-5-6-16(25)13-23-20(27)10-8-17-21(28)26(22(29)24-17)14-15-7-9-18(30-2)19(12-15)31-3/h7,9,12,16-17H,4-6,8,10-11,13-14H2,1-3H3,(H,23,27)(H,24,29)/t16-,17-/m1/s1. The molecule has 0 bridgehead atoms. The van der Waals surface area contributed by atoms with Crippen molar-refractivity contribution < 1.29 is 23.9 Å². The molecule has 0 spiro atoms. The normalized spacial score (nSPS) is 21.3. The lowest BCUT2D eigenvalue weighted by Gasteiger charge is -2.22. The Balaban J connectivity index is 1.49. The first-order chi connectivity index (χ1) is 15.0. The van der Waals surface area contributed by atoms with Crippen LogP contribution in [0.3, 0.4) is 0 Å². The summed E-state index contributed by atoms with van der Waals surface area (Å²) in [6.45, 7) is 4.95. The molecule has 170 valence electrons. The number of amides is 4. The van der Waals surface area contributed by atoms with Crippen LogP contribution in [0.25, 0.3) is 0 Å². The van der Waals surface area contributed by atoms with E-state index in [2.05, 4.69) is 22.5 Å². The van der Waals surface area contributed by atoms with Crippen LogP contribution in [0.1, 0.15) is 38.2 Å². The van der Waals surface area contributed by atoms with E-state index in [1.807, 2.05) is 0 Å². The van der Waals surface area contributed by atoms with Crippen LogP contribution >= 0.6 is 0 Å². The van der Waals surface area contributed by atoms with Crippen LogP contribution < -0.4 is 20.1 Å². The summed E-state index contributed by atoms with van der Waals surface area (Å²) >= 11 is 0. The minimum atomic E-state index is -0.683. The lowest BCUT2D eigenvalue weighted by atomic mass is 10.1. The Morgan fingerprint density at radius 3 is 2.71 bits per heavy atom. The molecule has 2 heterocycles. The topological polar surface area (TPSA) is 100 Å². The van der Waals surface area contributed by atoms with Gasteiger partial charge in [-0.2, -0.15) is 0 Å². The zero-order chi connectivity index (χ0) is 22.4. The predicted molar refractivity (Wildman–Crippen MR) is 115 cm³/mol. The van der Waals surface area contributed by atoms with Gasteiger partial charge in [-0.15, -0.1) is 0 Å². The highest BCUT2D eigenvalue weighted by Crippen LogP contribution is 2.28. The van der Waals surface area contributed by atoms with Gasteiger partial charge in [0.15, 0.2) is 11.5 Å². The average Bonchev–Trinajstić information content (AvgIpc) is 3.35. The van der Waals surface area contributed by atoms with Crippen LogP contribution in [-0.2, 0) is 16.1 Å². The van der Waals surface area contributed by atoms with Gasteiger partial charge in [0.2, 0.25) is 5.91 Å². The lowest BCUT2D eigenvalue weighted by molar-refractivity contribution is -0.128. The number of carbonyl (C=O) groups is 3. The Labute approximate surface area is 183 Å². The number of carbonyl (C=O) groups excluding carboxylic acids is 3. The highest BCUT2D eigenvalue weighted by atomic mass is 16.5. The highest BCUT2D eigenvalue weighted by Gasteiger charge is 2.38. The van der Waals surface area contributed by atoms with Crippen molar-refractivity contribution in [3.8, 4) is 11.5 Å². The number of nitrogens with zero attached hydrogens (tertiary/aromatic N) is 2. The third-order valence-corrected chi connectivity index (χ3v) is 6.00. The van der Waals surface area contributed by atoms with E-state index in [9.17, 15) is 14.4 Å². The molecule has 2 aliphatic heterocycles. The molecular formula is C22H32N4O5. The van der Waals surface area contributed by atoms with Gasteiger partial charge in [-0.1, -0.05) is 13.0 Å². The van der Waals surface area contributed by atoms with E-state index < -0.39 is 12.1 Å². The maximum Gasteiger partial charge on any atom is 0.325 e. The number of nitrogens with one attached hydrogen (secondary N) is 2. The summed E-state index contributed by atoms with van der Waals surface area (Å²) in [5, 5.41) is 5.66. The van der Waals surface area contributed by atoms with Gasteiger partial charge in [0, 0.05) is 19.0 Å². The molecule has 4 amide bonds. The third-order valence-electron chi connectivity index (χ3n) is 6.00. The summed E-state index contributed by atoms with van der Waals surface area (Å²) in [6, 6.07) is 4.51. The van der Waals surface area contributed by atoms with Crippen molar-refractivity contribution in [3.63, 3.8) is 0 Å². The van der Waals surface area contributed by atoms with Crippen molar-refractivity contribution in [3.05, 3.63) is 23.8 Å². The van der Waals surface area contributed by atoms with Crippen LogP contribution in [0.4, 0.5) is 4.79 Å². The molecule has 2 fully saturated rings. The predicted octanol–water partition coefficient (Wildman–Crippen LogP) is 1.50.